The van der Waals surface area contributed by atoms with Crippen molar-refractivity contribution in [2.75, 3.05) is 6.54 Å². The van der Waals surface area contributed by atoms with Crippen molar-refractivity contribution in [1.29, 1.82) is 0 Å². The van der Waals surface area contributed by atoms with Gasteiger partial charge in [0.1, 0.15) is 35.6 Å². The number of hydrogen-bond acceptors (Lipinski definition) is 11. The molecule has 0 radical (unpaired) electrons. The fourth-order valence-electron chi connectivity index (χ4n) is 12.0. The fraction of sp³-hybridized carbons (Fsp3) is 0.806. The van der Waals surface area contributed by atoms with Crippen LogP contribution in [0.1, 0.15) is 67.2 Å². The van der Waals surface area contributed by atoms with Crippen molar-refractivity contribution in [3.05, 3.63) is 12.2 Å². The van der Waals surface area contributed by atoms with Crippen LogP contribution in [0.25, 0.3) is 0 Å². The van der Waals surface area contributed by atoms with Gasteiger partial charge >= 0.3 is 23.9 Å². The van der Waals surface area contributed by atoms with Crippen molar-refractivity contribution in [1.82, 2.24) is 4.90 Å². The topological polar surface area (TPSA) is 149 Å². The highest BCUT2D eigenvalue weighted by Crippen LogP contribution is 2.89. The quantitative estimate of drug-likeness (QED) is 0.263. The highest BCUT2D eigenvalue weighted by atomic mass is 16.6. The average Bonchev–Trinajstić information content (AvgIpc) is 3.31. The number of esters is 4. The minimum absolute atomic E-state index is 0.0803. The molecule has 0 aromatic heterocycles. The molecule has 2 spiro atoms. The van der Waals surface area contributed by atoms with E-state index in [4.69, 9.17) is 18.9 Å². The standard InChI is InChI=1S/C31H41NO10/c1-8-13(2)25(36)42-19-11-29-21-18-10-28-9-14(3)20(24(31(28,29)38)41-17(6)35)23(40-16(5)34)30(28,37)26(29)32(18)12-27(21,7)22(19)39-15(4)33/h13,18-24,26,37-38H,3,8-12H2,1-2,4-7H3/t13-,18+,19-,20+,21-,22-,23-,24-,26+,27+,28+,29-,30+,31+/m1/s1. The number of nitrogens with zero attached hydrogens (tertiary/aromatic N) is 1. The Kier molecular flexibility index (Phi) is 5.49. The summed E-state index contributed by atoms with van der Waals surface area (Å²) < 4.78 is 24.1. The minimum Gasteiger partial charge on any atom is -0.459 e. The van der Waals surface area contributed by atoms with Gasteiger partial charge in [0.25, 0.3) is 0 Å². The molecular formula is C31H41NO10. The molecular weight excluding hydrogens is 546 g/mol. The Balaban J connectivity index is 1.47. The van der Waals surface area contributed by atoms with Crippen LogP contribution in [0.5, 0.6) is 0 Å². The minimum atomic E-state index is -1.76. The zero-order valence-electron chi connectivity index (χ0n) is 25.0. The lowest BCUT2D eigenvalue weighted by Gasteiger charge is -2.71. The van der Waals surface area contributed by atoms with Gasteiger partial charge in [-0.2, -0.15) is 0 Å². The summed E-state index contributed by atoms with van der Waals surface area (Å²) >= 11 is 0. The Morgan fingerprint density at radius 3 is 2.17 bits per heavy atom. The first-order chi connectivity index (χ1) is 19.6. The third-order valence-electron chi connectivity index (χ3n) is 12.8. The smallest absolute Gasteiger partial charge is 0.309 e. The molecule has 6 aliphatic carbocycles. The predicted molar refractivity (Wildman–Crippen MR) is 143 cm³/mol. The largest absolute Gasteiger partial charge is 0.459 e. The van der Waals surface area contributed by atoms with E-state index in [1.54, 1.807) is 6.92 Å². The van der Waals surface area contributed by atoms with Crippen LogP contribution in [0.2, 0.25) is 0 Å². The Morgan fingerprint density at radius 2 is 1.57 bits per heavy atom. The van der Waals surface area contributed by atoms with Gasteiger partial charge in [0.05, 0.1) is 17.9 Å². The van der Waals surface area contributed by atoms with Crippen LogP contribution in [-0.4, -0.2) is 93.2 Å². The molecule has 0 aromatic rings. The molecule has 9 rings (SSSR count). The van der Waals surface area contributed by atoms with Crippen LogP contribution < -0.4 is 0 Å². The van der Waals surface area contributed by atoms with E-state index in [0.717, 1.165) is 0 Å². The summed E-state index contributed by atoms with van der Waals surface area (Å²) in [6.45, 7) is 14.3. The molecule has 230 valence electrons. The maximum atomic E-state index is 13.4. The highest BCUT2D eigenvalue weighted by Gasteiger charge is 3.01. The van der Waals surface area contributed by atoms with E-state index in [0.29, 0.717) is 25.0 Å². The van der Waals surface area contributed by atoms with Gasteiger partial charge in [-0.1, -0.05) is 32.9 Å². The van der Waals surface area contributed by atoms with Gasteiger partial charge in [0.15, 0.2) is 0 Å². The van der Waals surface area contributed by atoms with Gasteiger partial charge in [0.2, 0.25) is 0 Å². The molecule has 0 amide bonds. The molecule has 1 unspecified atom stereocenters. The van der Waals surface area contributed by atoms with Crippen LogP contribution in [0.3, 0.4) is 0 Å². The molecule has 15 atom stereocenters. The summed E-state index contributed by atoms with van der Waals surface area (Å²) in [5, 5.41) is 26.5. The lowest BCUT2D eigenvalue weighted by atomic mass is 9.36. The van der Waals surface area contributed by atoms with E-state index in [1.807, 2.05) is 13.8 Å². The lowest BCUT2D eigenvalue weighted by molar-refractivity contribution is -0.347. The summed E-state index contributed by atoms with van der Waals surface area (Å²) in [6.07, 6.45) is -2.62. The Labute approximate surface area is 244 Å². The second-order valence-electron chi connectivity index (χ2n) is 14.5. The van der Waals surface area contributed by atoms with Crippen molar-refractivity contribution in [2.45, 2.75) is 115 Å². The molecule has 11 nitrogen and oxygen atoms in total. The van der Waals surface area contributed by atoms with Crippen molar-refractivity contribution in [2.24, 2.45) is 34.0 Å². The van der Waals surface area contributed by atoms with Gasteiger partial charge in [-0.15, -0.1) is 0 Å². The van der Waals surface area contributed by atoms with Crippen LogP contribution in [0, 0.1) is 34.0 Å². The maximum Gasteiger partial charge on any atom is 0.309 e. The number of piperidine rings is 2. The first kappa shape index (κ1) is 28.3. The van der Waals surface area contributed by atoms with Crippen LogP contribution in [0.4, 0.5) is 0 Å². The van der Waals surface area contributed by atoms with Gasteiger partial charge in [-0.3, -0.25) is 24.1 Å². The molecule has 3 saturated heterocycles. The van der Waals surface area contributed by atoms with E-state index in [-0.39, 0.29) is 24.8 Å². The van der Waals surface area contributed by atoms with Crippen molar-refractivity contribution >= 4 is 23.9 Å². The Hall–Kier alpha value is -2.50. The fourth-order valence-corrected chi connectivity index (χ4v) is 12.0. The first-order valence-electron chi connectivity index (χ1n) is 15.2. The van der Waals surface area contributed by atoms with Crippen molar-refractivity contribution in [3.8, 4) is 0 Å². The summed E-state index contributed by atoms with van der Waals surface area (Å²) in [6, 6.07) is -0.751. The average molecular weight is 588 g/mol. The van der Waals surface area contributed by atoms with Gasteiger partial charge in [-0.05, 0) is 31.6 Å². The van der Waals surface area contributed by atoms with Crippen LogP contribution in [0.15, 0.2) is 12.2 Å². The van der Waals surface area contributed by atoms with Gasteiger partial charge in [0, 0.05) is 49.6 Å². The number of aliphatic hydroxyl groups is 2. The van der Waals surface area contributed by atoms with Gasteiger partial charge in [-0.25, -0.2) is 0 Å². The number of fused-ring (bicyclic) bond motifs is 1. The normalized spacial score (nSPS) is 54.0. The zero-order chi connectivity index (χ0) is 30.5. The molecule has 42 heavy (non-hydrogen) atoms. The van der Waals surface area contributed by atoms with E-state index in [2.05, 4.69) is 11.5 Å². The van der Waals surface area contributed by atoms with Crippen LogP contribution >= 0.6 is 0 Å². The maximum absolute atomic E-state index is 13.4. The first-order valence-corrected chi connectivity index (χ1v) is 15.2. The predicted octanol–water partition coefficient (Wildman–Crippen LogP) is 1.27. The third-order valence-corrected chi connectivity index (χ3v) is 12.8. The molecule has 2 N–H and O–H groups in total. The number of ether oxygens (including phenoxy) is 4. The molecule has 9 bridgehead atoms. The number of rotatable bonds is 6. The monoisotopic (exact) mass is 587 g/mol. The molecule has 3 aliphatic heterocycles. The molecule has 6 saturated carbocycles. The Bertz CT molecular complexity index is 1330. The second kappa shape index (κ2) is 8.15. The molecule has 9 aliphatic rings. The van der Waals surface area contributed by atoms with E-state index < -0.39 is 93.6 Å². The van der Waals surface area contributed by atoms with Gasteiger partial charge < -0.3 is 29.2 Å². The summed E-state index contributed by atoms with van der Waals surface area (Å²) in [5.41, 5.74) is -5.86. The summed E-state index contributed by atoms with van der Waals surface area (Å²) in [4.78, 5) is 53.1. The van der Waals surface area contributed by atoms with Crippen LogP contribution in [-0.2, 0) is 38.1 Å². The molecule has 3 heterocycles. The van der Waals surface area contributed by atoms with E-state index >= 15 is 0 Å². The number of carbonyl (C=O) groups is 4. The Morgan fingerprint density at radius 1 is 0.976 bits per heavy atom. The highest BCUT2D eigenvalue weighted by molar-refractivity contribution is 5.73. The number of hydrogen-bond donors (Lipinski definition) is 2. The SMILES string of the molecule is C=C1C[C@]23C[C@H]4[C@@H]5[C@]6(C)CN4[C@@H]4[C@@]2(O)[C@H](OC(C)=O)[C@H]1[C@@H](OC(C)=O)[C@@]3(O)[C@]54C[C@@H](OC(=O)[C@H](C)CC)[C@H]6OC(C)=O. The second-order valence-corrected chi connectivity index (χ2v) is 14.5. The lowest BCUT2D eigenvalue weighted by Crippen LogP contribution is -2.83. The van der Waals surface area contributed by atoms with E-state index in [1.165, 1.54) is 20.8 Å². The summed E-state index contributed by atoms with van der Waals surface area (Å²) in [5.74, 6) is -3.63. The van der Waals surface area contributed by atoms with Crippen molar-refractivity contribution < 1.29 is 48.3 Å². The molecule has 9 fully saturated rings. The molecule has 11 heteroatoms. The van der Waals surface area contributed by atoms with Crippen molar-refractivity contribution in [3.63, 3.8) is 0 Å². The number of carbonyl (C=O) groups excluding carboxylic acids is 4. The van der Waals surface area contributed by atoms with E-state index in [9.17, 15) is 29.4 Å². The zero-order valence-corrected chi connectivity index (χ0v) is 25.0. The summed E-state index contributed by atoms with van der Waals surface area (Å²) in [7, 11) is 0. The molecule has 0 aromatic carbocycles. The third kappa shape index (κ3) is 2.68.